The minimum Gasteiger partial charge on any atom is -0.460 e. The minimum absolute atomic E-state index is 0.0659. The number of aliphatic hydroxyl groups is 1. The molecule has 3 aromatic rings. The van der Waals surface area contributed by atoms with Crippen molar-refractivity contribution in [2.45, 2.75) is 19.3 Å². The van der Waals surface area contributed by atoms with E-state index in [1.165, 1.54) is 12.1 Å². The van der Waals surface area contributed by atoms with Crippen LogP contribution in [0, 0.1) is 0 Å². The molecule has 2 N–H and O–H groups in total. The van der Waals surface area contributed by atoms with Gasteiger partial charge in [-0.2, -0.15) is 8.78 Å². The molecule has 24 heavy (non-hydrogen) atoms. The van der Waals surface area contributed by atoms with Gasteiger partial charge < -0.3 is 19.6 Å². The SMILES string of the molecule is OC(CNCc1cc2ccccc2o1)c1ccc(OC(F)F)cc1. The summed E-state index contributed by atoms with van der Waals surface area (Å²) in [6.07, 6.45) is -0.755. The van der Waals surface area contributed by atoms with Gasteiger partial charge in [-0.1, -0.05) is 30.3 Å². The van der Waals surface area contributed by atoms with E-state index in [2.05, 4.69) is 10.1 Å². The van der Waals surface area contributed by atoms with Crippen LogP contribution in [0.5, 0.6) is 5.75 Å². The quantitative estimate of drug-likeness (QED) is 0.689. The van der Waals surface area contributed by atoms with E-state index in [-0.39, 0.29) is 5.75 Å². The molecule has 0 saturated carbocycles. The Labute approximate surface area is 137 Å². The summed E-state index contributed by atoms with van der Waals surface area (Å²) in [6, 6.07) is 15.6. The van der Waals surface area contributed by atoms with Crippen molar-refractivity contribution in [1.82, 2.24) is 5.32 Å². The van der Waals surface area contributed by atoms with Crippen molar-refractivity contribution in [3.05, 3.63) is 65.9 Å². The first-order chi connectivity index (χ1) is 11.6. The number of benzene rings is 2. The van der Waals surface area contributed by atoms with Gasteiger partial charge in [0.25, 0.3) is 0 Å². The number of rotatable bonds is 7. The number of aliphatic hydroxyl groups excluding tert-OH is 1. The van der Waals surface area contributed by atoms with Gasteiger partial charge in [0.15, 0.2) is 0 Å². The second-order valence-corrected chi connectivity index (χ2v) is 5.34. The molecule has 1 atom stereocenters. The number of ether oxygens (including phenoxy) is 1. The molecular weight excluding hydrogens is 316 g/mol. The zero-order chi connectivity index (χ0) is 16.9. The Bertz CT molecular complexity index is 753. The van der Waals surface area contributed by atoms with Gasteiger partial charge in [-0.3, -0.25) is 0 Å². The maximum Gasteiger partial charge on any atom is 0.387 e. The number of alkyl halides is 2. The Morgan fingerprint density at radius 2 is 1.83 bits per heavy atom. The van der Waals surface area contributed by atoms with Gasteiger partial charge in [-0.25, -0.2) is 0 Å². The summed E-state index contributed by atoms with van der Waals surface area (Å²) in [5, 5.41) is 14.3. The second kappa shape index (κ2) is 7.42. The van der Waals surface area contributed by atoms with E-state index in [9.17, 15) is 13.9 Å². The van der Waals surface area contributed by atoms with Crippen molar-refractivity contribution in [2.75, 3.05) is 6.54 Å². The summed E-state index contributed by atoms with van der Waals surface area (Å²) in [5.74, 6) is 0.847. The smallest absolute Gasteiger partial charge is 0.387 e. The number of nitrogens with one attached hydrogen (secondary N) is 1. The molecule has 3 rings (SSSR count). The minimum atomic E-state index is -2.86. The molecule has 1 aromatic heterocycles. The van der Waals surface area contributed by atoms with Crippen LogP contribution in [0.1, 0.15) is 17.4 Å². The van der Waals surface area contributed by atoms with Crippen LogP contribution in [0.15, 0.2) is 59.0 Å². The van der Waals surface area contributed by atoms with Gasteiger partial charge in [0.05, 0.1) is 12.6 Å². The van der Waals surface area contributed by atoms with Crippen LogP contribution in [-0.2, 0) is 6.54 Å². The van der Waals surface area contributed by atoms with Gasteiger partial charge in [-0.05, 0) is 29.8 Å². The zero-order valence-electron chi connectivity index (χ0n) is 12.8. The average Bonchev–Trinajstić information content (AvgIpc) is 2.97. The van der Waals surface area contributed by atoms with Crippen LogP contribution < -0.4 is 10.1 Å². The fraction of sp³-hybridized carbons (Fsp3) is 0.222. The largest absolute Gasteiger partial charge is 0.460 e. The molecule has 4 nitrogen and oxygen atoms in total. The lowest BCUT2D eigenvalue weighted by molar-refractivity contribution is -0.0498. The summed E-state index contributed by atoms with van der Waals surface area (Å²) in [6.45, 7) is -2.06. The maximum atomic E-state index is 12.1. The van der Waals surface area contributed by atoms with E-state index in [0.717, 1.165) is 16.7 Å². The lowest BCUT2D eigenvalue weighted by Gasteiger charge is -2.12. The molecule has 0 fully saturated rings. The molecule has 6 heteroatoms. The van der Waals surface area contributed by atoms with E-state index in [0.29, 0.717) is 18.7 Å². The van der Waals surface area contributed by atoms with Gasteiger partial charge >= 0.3 is 6.61 Å². The number of hydrogen-bond donors (Lipinski definition) is 2. The van der Waals surface area contributed by atoms with Gasteiger partial charge in [0.1, 0.15) is 17.1 Å². The Morgan fingerprint density at radius 1 is 1.08 bits per heavy atom. The van der Waals surface area contributed by atoms with E-state index in [4.69, 9.17) is 4.42 Å². The normalized spacial score (nSPS) is 12.7. The fourth-order valence-corrected chi connectivity index (χ4v) is 2.45. The van der Waals surface area contributed by atoms with Crippen molar-refractivity contribution in [2.24, 2.45) is 0 Å². The maximum absolute atomic E-state index is 12.1. The molecule has 126 valence electrons. The first kappa shape index (κ1) is 16.4. The predicted octanol–water partition coefficient (Wildman–Crippen LogP) is 3.86. The molecular formula is C18H17F2NO3. The Hall–Kier alpha value is -2.44. The van der Waals surface area contributed by atoms with Crippen molar-refractivity contribution >= 4 is 11.0 Å². The first-order valence-electron chi connectivity index (χ1n) is 7.53. The van der Waals surface area contributed by atoms with Crippen LogP contribution in [0.2, 0.25) is 0 Å². The second-order valence-electron chi connectivity index (χ2n) is 5.34. The molecule has 0 aliphatic carbocycles. The number of furan rings is 1. The molecule has 1 heterocycles. The molecule has 2 aromatic carbocycles. The number of para-hydroxylation sites is 1. The first-order valence-corrected chi connectivity index (χ1v) is 7.53. The number of halogens is 2. The topological polar surface area (TPSA) is 54.6 Å². The van der Waals surface area contributed by atoms with Crippen LogP contribution in [0.3, 0.4) is 0 Å². The van der Waals surface area contributed by atoms with Gasteiger partial charge in [0.2, 0.25) is 0 Å². The van der Waals surface area contributed by atoms with E-state index in [1.54, 1.807) is 12.1 Å². The summed E-state index contributed by atoms with van der Waals surface area (Å²) in [7, 11) is 0. The lowest BCUT2D eigenvalue weighted by atomic mass is 10.1. The highest BCUT2D eigenvalue weighted by atomic mass is 19.3. The van der Waals surface area contributed by atoms with Crippen LogP contribution >= 0.6 is 0 Å². The van der Waals surface area contributed by atoms with Crippen LogP contribution in [-0.4, -0.2) is 18.3 Å². The molecule has 0 aliphatic rings. The molecule has 0 spiro atoms. The third-order valence-corrected chi connectivity index (χ3v) is 3.60. The van der Waals surface area contributed by atoms with Crippen molar-refractivity contribution in [1.29, 1.82) is 0 Å². The zero-order valence-corrected chi connectivity index (χ0v) is 12.8. The van der Waals surface area contributed by atoms with Crippen molar-refractivity contribution in [3.8, 4) is 5.75 Å². The highest BCUT2D eigenvalue weighted by Crippen LogP contribution is 2.20. The van der Waals surface area contributed by atoms with Gasteiger partial charge in [0, 0.05) is 11.9 Å². The van der Waals surface area contributed by atoms with Crippen LogP contribution in [0.4, 0.5) is 8.78 Å². The molecule has 0 bridgehead atoms. The van der Waals surface area contributed by atoms with E-state index >= 15 is 0 Å². The van der Waals surface area contributed by atoms with E-state index in [1.807, 2.05) is 30.3 Å². The van der Waals surface area contributed by atoms with Gasteiger partial charge in [-0.15, -0.1) is 0 Å². The lowest BCUT2D eigenvalue weighted by Crippen LogP contribution is -2.20. The molecule has 1 unspecified atom stereocenters. The highest BCUT2D eigenvalue weighted by Gasteiger charge is 2.10. The molecule has 0 aliphatic heterocycles. The number of fused-ring (bicyclic) bond motifs is 1. The standard InChI is InChI=1S/C18H17F2NO3/c19-18(20)24-14-7-5-12(6-8-14)16(22)11-21-10-15-9-13-3-1-2-4-17(13)23-15/h1-9,16,18,21-22H,10-11H2. The summed E-state index contributed by atoms with van der Waals surface area (Å²) in [5.41, 5.74) is 1.44. The summed E-state index contributed by atoms with van der Waals surface area (Å²) in [4.78, 5) is 0. The Morgan fingerprint density at radius 3 is 2.54 bits per heavy atom. The molecule has 0 amide bonds. The fourth-order valence-electron chi connectivity index (χ4n) is 2.45. The average molecular weight is 333 g/mol. The van der Waals surface area contributed by atoms with Crippen molar-refractivity contribution < 1.29 is 23.0 Å². The summed E-state index contributed by atoms with van der Waals surface area (Å²) >= 11 is 0. The molecule has 0 radical (unpaired) electrons. The predicted molar refractivity (Wildman–Crippen MR) is 86.0 cm³/mol. The Kier molecular flexibility index (Phi) is 5.08. The van der Waals surface area contributed by atoms with E-state index < -0.39 is 12.7 Å². The monoisotopic (exact) mass is 333 g/mol. The van der Waals surface area contributed by atoms with Crippen LogP contribution in [0.25, 0.3) is 11.0 Å². The third kappa shape index (κ3) is 4.10. The third-order valence-electron chi connectivity index (χ3n) is 3.60. The molecule has 0 saturated heterocycles. The summed E-state index contributed by atoms with van der Waals surface area (Å²) < 4.78 is 34.1. The van der Waals surface area contributed by atoms with Crippen molar-refractivity contribution in [3.63, 3.8) is 0 Å². The Balaban J connectivity index is 1.52. The number of hydrogen-bond acceptors (Lipinski definition) is 4. The highest BCUT2D eigenvalue weighted by molar-refractivity contribution is 5.77.